The fraction of sp³-hybridized carbons (Fsp3) is 0.447. The number of ether oxygens (including phenoxy) is 1. The van der Waals surface area contributed by atoms with E-state index >= 15 is 0 Å². The predicted octanol–water partition coefficient (Wildman–Crippen LogP) is 7.73. The Bertz CT molecular complexity index is 1760. The maximum atomic E-state index is 13.5. The van der Waals surface area contributed by atoms with E-state index in [1.807, 2.05) is 29.8 Å². The Hall–Kier alpha value is -4.45. The predicted molar refractivity (Wildman–Crippen MR) is 198 cm³/mol. The zero-order chi connectivity index (χ0) is 35.9. The summed E-state index contributed by atoms with van der Waals surface area (Å²) in [6.45, 7) is 11.8. The number of hydrogen-bond acceptors (Lipinski definition) is 6. The van der Waals surface area contributed by atoms with Crippen LogP contribution in [-0.4, -0.2) is 73.9 Å². The summed E-state index contributed by atoms with van der Waals surface area (Å²) < 4.78 is 5.54. The number of likely N-dealkylation sites (tertiary alicyclic amines) is 1. The highest BCUT2D eigenvalue weighted by Gasteiger charge is 2.37. The molecule has 11 nitrogen and oxygen atoms in total. The van der Waals surface area contributed by atoms with Gasteiger partial charge < -0.3 is 29.8 Å². The van der Waals surface area contributed by atoms with Crippen molar-refractivity contribution >= 4 is 33.8 Å². The van der Waals surface area contributed by atoms with E-state index in [1.165, 1.54) is 7.11 Å². The molecule has 1 aliphatic heterocycles. The van der Waals surface area contributed by atoms with Gasteiger partial charge in [-0.2, -0.15) is 0 Å². The summed E-state index contributed by atoms with van der Waals surface area (Å²) >= 11 is 3.64. The number of aromatic amines is 2. The Morgan fingerprint density at radius 3 is 2.24 bits per heavy atom. The zero-order valence-electron chi connectivity index (χ0n) is 29.8. The molecule has 0 radical (unpaired) electrons. The number of methoxy groups -OCH3 is 1. The SMILES string of the molecule is CCCN(Cc1nc(-c2ccc(-c3ccc(-c4cnc(C5CCCN5C(=O)C(NC(=O)OC)C(C)C)[nH]4)cc3)cc2)c(Br)[nH]1)C(=O)CC(C)C. The van der Waals surface area contributed by atoms with E-state index in [9.17, 15) is 14.4 Å². The summed E-state index contributed by atoms with van der Waals surface area (Å²) in [5.74, 6) is 1.72. The first kappa shape index (κ1) is 36.8. The number of nitrogens with zero attached hydrogens (tertiary/aromatic N) is 4. The normalized spacial score (nSPS) is 15.1. The Morgan fingerprint density at radius 1 is 1.00 bits per heavy atom. The van der Waals surface area contributed by atoms with Crippen LogP contribution in [0.2, 0.25) is 0 Å². The molecular formula is C38H48BrN7O4. The van der Waals surface area contributed by atoms with Gasteiger partial charge in [-0.15, -0.1) is 0 Å². The molecule has 12 heteroatoms. The third kappa shape index (κ3) is 8.64. The number of imidazole rings is 2. The zero-order valence-corrected chi connectivity index (χ0v) is 31.3. The van der Waals surface area contributed by atoms with Crippen molar-refractivity contribution in [3.63, 3.8) is 0 Å². The van der Waals surface area contributed by atoms with Crippen LogP contribution < -0.4 is 5.32 Å². The van der Waals surface area contributed by atoms with E-state index in [0.717, 1.165) is 69.2 Å². The molecule has 2 atom stereocenters. The lowest BCUT2D eigenvalue weighted by atomic mass is 10.0. The smallest absolute Gasteiger partial charge is 0.407 e. The number of halogens is 1. The van der Waals surface area contributed by atoms with Crippen LogP contribution in [0.5, 0.6) is 0 Å². The molecule has 3 heterocycles. The number of carbonyl (C=O) groups is 3. The highest BCUT2D eigenvalue weighted by Crippen LogP contribution is 2.34. The van der Waals surface area contributed by atoms with E-state index < -0.39 is 12.1 Å². The maximum absolute atomic E-state index is 13.5. The molecule has 266 valence electrons. The van der Waals surface area contributed by atoms with Gasteiger partial charge in [-0.25, -0.2) is 14.8 Å². The number of benzene rings is 2. The second kappa shape index (κ2) is 16.5. The number of H-pyrrole nitrogens is 2. The molecule has 2 aromatic heterocycles. The topological polar surface area (TPSA) is 136 Å². The second-order valence-electron chi connectivity index (χ2n) is 13.6. The molecule has 50 heavy (non-hydrogen) atoms. The van der Waals surface area contributed by atoms with Crippen LogP contribution in [0.4, 0.5) is 4.79 Å². The van der Waals surface area contributed by atoms with Crippen molar-refractivity contribution in [1.82, 2.24) is 35.1 Å². The highest BCUT2D eigenvalue weighted by atomic mass is 79.9. The third-order valence-corrected chi connectivity index (χ3v) is 9.58. The van der Waals surface area contributed by atoms with E-state index in [4.69, 9.17) is 9.72 Å². The van der Waals surface area contributed by atoms with Gasteiger partial charge in [0.2, 0.25) is 11.8 Å². The molecule has 1 saturated heterocycles. The second-order valence-corrected chi connectivity index (χ2v) is 14.4. The molecule has 4 aromatic rings. The van der Waals surface area contributed by atoms with Gasteiger partial charge in [-0.3, -0.25) is 9.59 Å². The van der Waals surface area contributed by atoms with Gasteiger partial charge in [0, 0.05) is 25.1 Å². The number of amides is 3. The number of nitrogens with one attached hydrogen (secondary N) is 3. The van der Waals surface area contributed by atoms with Crippen LogP contribution in [0.3, 0.4) is 0 Å². The average Bonchev–Trinajstić information content (AvgIpc) is 3.86. The molecule has 5 rings (SSSR count). The van der Waals surface area contributed by atoms with Crippen LogP contribution in [0.1, 0.15) is 78.0 Å². The molecule has 3 amide bonds. The molecule has 0 saturated carbocycles. The third-order valence-electron chi connectivity index (χ3n) is 9.00. The lowest BCUT2D eigenvalue weighted by Crippen LogP contribution is -2.51. The van der Waals surface area contributed by atoms with Crippen LogP contribution in [-0.2, 0) is 20.9 Å². The van der Waals surface area contributed by atoms with Crippen molar-refractivity contribution in [3.8, 4) is 33.6 Å². The molecule has 2 unspecified atom stereocenters. The van der Waals surface area contributed by atoms with Crippen molar-refractivity contribution in [2.75, 3.05) is 20.2 Å². The lowest BCUT2D eigenvalue weighted by Gasteiger charge is -2.30. The average molecular weight is 747 g/mol. The summed E-state index contributed by atoms with van der Waals surface area (Å²) in [4.78, 5) is 58.2. The van der Waals surface area contributed by atoms with Gasteiger partial charge >= 0.3 is 6.09 Å². The number of hydrogen-bond donors (Lipinski definition) is 3. The first-order chi connectivity index (χ1) is 24.0. The minimum Gasteiger partial charge on any atom is -0.453 e. The molecular weight excluding hydrogens is 698 g/mol. The summed E-state index contributed by atoms with van der Waals surface area (Å²) in [5.41, 5.74) is 5.80. The lowest BCUT2D eigenvalue weighted by molar-refractivity contribution is -0.135. The first-order valence-corrected chi connectivity index (χ1v) is 18.2. The van der Waals surface area contributed by atoms with Gasteiger partial charge in [0.25, 0.3) is 0 Å². The summed E-state index contributed by atoms with van der Waals surface area (Å²) in [7, 11) is 1.29. The number of carbonyl (C=O) groups excluding carboxylic acids is 3. The number of aromatic nitrogens is 4. The van der Waals surface area contributed by atoms with Gasteiger partial charge in [0.1, 0.15) is 28.0 Å². The van der Waals surface area contributed by atoms with Crippen molar-refractivity contribution in [1.29, 1.82) is 0 Å². The summed E-state index contributed by atoms with van der Waals surface area (Å²) in [6.07, 6.45) is 4.27. The van der Waals surface area contributed by atoms with E-state index in [-0.39, 0.29) is 23.8 Å². The van der Waals surface area contributed by atoms with Gasteiger partial charge in [0.05, 0.1) is 31.6 Å². The maximum Gasteiger partial charge on any atom is 0.407 e. The minimum atomic E-state index is -0.676. The number of rotatable bonds is 13. The Morgan fingerprint density at radius 2 is 1.64 bits per heavy atom. The summed E-state index contributed by atoms with van der Waals surface area (Å²) in [6, 6.07) is 15.7. The largest absolute Gasteiger partial charge is 0.453 e. The fourth-order valence-corrected chi connectivity index (χ4v) is 6.94. The highest BCUT2D eigenvalue weighted by molar-refractivity contribution is 9.10. The Labute approximate surface area is 302 Å². The molecule has 3 N–H and O–H groups in total. The quantitative estimate of drug-likeness (QED) is 0.128. The molecule has 0 aliphatic carbocycles. The first-order valence-electron chi connectivity index (χ1n) is 17.4. The van der Waals surface area contributed by atoms with E-state index in [0.29, 0.717) is 32.0 Å². The van der Waals surface area contributed by atoms with Crippen molar-refractivity contribution in [2.24, 2.45) is 11.8 Å². The molecule has 2 aromatic carbocycles. The molecule has 0 spiro atoms. The standard InChI is InChI=1S/C38H48BrN7O4/c1-7-18-45(32(47)20-23(2)3)22-31-42-34(35(39)43-31)28-16-12-26(13-17-28)25-10-14-27(15-11-25)29-21-40-36(41-29)30-9-8-19-46(30)37(48)33(24(4)5)44-38(49)50-6/h10-17,21,23-24,30,33H,7-9,18-20,22H2,1-6H3,(H,40,41)(H,42,43)(H,44,49). The van der Waals surface area contributed by atoms with Crippen LogP contribution in [0.25, 0.3) is 33.6 Å². The van der Waals surface area contributed by atoms with Crippen LogP contribution >= 0.6 is 15.9 Å². The Kier molecular flexibility index (Phi) is 12.2. The molecule has 1 aliphatic rings. The van der Waals surface area contributed by atoms with Crippen LogP contribution in [0, 0.1) is 11.8 Å². The monoisotopic (exact) mass is 745 g/mol. The Balaban J connectivity index is 1.25. The van der Waals surface area contributed by atoms with Crippen molar-refractivity contribution in [2.45, 2.75) is 78.9 Å². The van der Waals surface area contributed by atoms with E-state index in [2.05, 4.69) is 106 Å². The molecule has 0 bridgehead atoms. The van der Waals surface area contributed by atoms with E-state index in [1.54, 1.807) is 0 Å². The van der Waals surface area contributed by atoms with Gasteiger partial charge in [-0.1, -0.05) is 83.1 Å². The van der Waals surface area contributed by atoms with Crippen LogP contribution in [0.15, 0.2) is 59.3 Å². The summed E-state index contributed by atoms with van der Waals surface area (Å²) in [5, 5.41) is 2.70. The van der Waals surface area contributed by atoms with Crippen molar-refractivity contribution in [3.05, 3.63) is 71.0 Å². The number of alkyl carbamates (subject to hydrolysis) is 1. The van der Waals surface area contributed by atoms with Gasteiger partial charge in [-0.05, 0) is 63.7 Å². The minimum absolute atomic E-state index is 0.0936. The fourth-order valence-electron chi connectivity index (χ4n) is 6.39. The van der Waals surface area contributed by atoms with Gasteiger partial charge in [0.15, 0.2) is 0 Å². The molecule has 1 fully saturated rings. The van der Waals surface area contributed by atoms with Crippen molar-refractivity contribution < 1.29 is 19.1 Å².